The molecule has 0 spiro atoms. The quantitative estimate of drug-likeness (QED) is 0.702. The Bertz CT molecular complexity index is 1010. The lowest BCUT2D eigenvalue weighted by Gasteiger charge is -2.30. The Balaban J connectivity index is 2.01. The highest BCUT2D eigenvalue weighted by molar-refractivity contribution is 6.07. The number of nitrogens with one attached hydrogen (secondary N) is 3. The Hall–Kier alpha value is -3.29. The standard InChI is InChI=1S/C21H20F3N3O2/c1-11-8-9-14(12(2)10-11)18-17(13(3)25-20(29)27-18)19(28)26-16-7-5-4-6-15(16)21(22,23)24/h4-10,18H,1-3H3,(H,26,28)(H2,25,27,29)/t18-/m1/s1. The van der Waals surface area contributed by atoms with E-state index in [0.29, 0.717) is 5.56 Å². The zero-order valence-corrected chi connectivity index (χ0v) is 16.1. The van der Waals surface area contributed by atoms with E-state index in [1.165, 1.54) is 18.2 Å². The summed E-state index contributed by atoms with van der Waals surface area (Å²) in [5.41, 5.74) is 1.70. The number of hydrogen-bond acceptors (Lipinski definition) is 2. The van der Waals surface area contributed by atoms with E-state index < -0.39 is 29.7 Å². The van der Waals surface area contributed by atoms with Crippen LogP contribution in [0.25, 0.3) is 0 Å². The number of urea groups is 1. The largest absolute Gasteiger partial charge is 0.418 e. The fourth-order valence-electron chi connectivity index (χ4n) is 3.41. The van der Waals surface area contributed by atoms with Gasteiger partial charge in [0.15, 0.2) is 0 Å². The van der Waals surface area contributed by atoms with Crippen LogP contribution < -0.4 is 16.0 Å². The van der Waals surface area contributed by atoms with E-state index in [1.54, 1.807) is 13.0 Å². The van der Waals surface area contributed by atoms with Crippen LogP contribution in [0.4, 0.5) is 23.7 Å². The van der Waals surface area contributed by atoms with Crippen LogP contribution in [0.3, 0.4) is 0 Å². The van der Waals surface area contributed by atoms with Crippen molar-refractivity contribution in [3.8, 4) is 0 Å². The molecule has 152 valence electrons. The monoisotopic (exact) mass is 403 g/mol. The molecule has 29 heavy (non-hydrogen) atoms. The predicted molar refractivity (Wildman–Crippen MR) is 103 cm³/mol. The molecule has 1 aliphatic heterocycles. The summed E-state index contributed by atoms with van der Waals surface area (Å²) in [4.78, 5) is 25.0. The van der Waals surface area contributed by atoms with Gasteiger partial charge in [0.05, 0.1) is 22.9 Å². The van der Waals surface area contributed by atoms with Gasteiger partial charge in [0, 0.05) is 5.70 Å². The third-order valence-electron chi connectivity index (χ3n) is 4.73. The number of alkyl halides is 3. The summed E-state index contributed by atoms with van der Waals surface area (Å²) in [6.07, 6.45) is -4.61. The number of amides is 3. The maximum atomic E-state index is 13.3. The van der Waals surface area contributed by atoms with Gasteiger partial charge in [-0.1, -0.05) is 35.9 Å². The predicted octanol–water partition coefficient (Wildman–Crippen LogP) is 4.59. The van der Waals surface area contributed by atoms with Crippen molar-refractivity contribution < 1.29 is 22.8 Å². The maximum absolute atomic E-state index is 13.3. The highest BCUT2D eigenvalue weighted by Gasteiger charge is 2.36. The van der Waals surface area contributed by atoms with E-state index in [4.69, 9.17) is 0 Å². The molecular formula is C21H20F3N3O2. The smallest absolute Gasteiger partial charge is 0.327 e. The molecule has 3 amide bonds. The Kier molecular flexibility index (Phi) is 5.37. The number of carbonyl (C=O) groups is 2. The zero-order valence-electron chi connectivity index (χ0n) is 16.1. The summed E-state index contributed by atoms with van der Waals surface area (Å²) in [5, 5.41) is 7.57. The minimum atomic E-state index is -4.61. The van der Waals surface area contributed by atoms with Crippen molar-refractivity contribution in [1.82, 2.24) is 10.6 Å². The average Bonchev–Trinajstić information content (AvgIpc) is 2.60. The summed E-state index contributed by atoms with van der Waals surface area (Å²) in [7, 11) is 0. The normalized spacial score (nSPS) is 16.9. The lowest BCUT2D eigenvalue weighted by Crippen LogP contribution is -2.46. The lowest BCUT2D eigenvalue weighted by molar-refractivity contribution is -0.137. The molecule has 3 N–H and O–H groups in total. The molecule has 1 atom stereocenters. The number of para-hydroxylation sites is 1. The Labute approximate surface area is 166 Å². The molecule has 0 saturated heterocycles. The van der Waals surface area contributed by atoms with E-state index in [-0.39, 0.29) is 17.0 Å². The number of hydrogen-bond donors (Lipinski definition) is 3. The van der Waals surface area contributed by atoms with Gasteiger partial charge in [0.2, 0.25) is 0 Å². The van der Waals surface area contributed by atoms with Crippen molar-refractivity contribution in [2.75, 3.05) is 5.32 Å². The summed E-state index contributed by atoms with van der Waals surface area (Å²) in [5.74, 6) is -0.725. The second-order valence-electron chi connectivity index (χ2n) is 6.93. The molecule has 8 heteroatoms. The minimum absolute atomic E-state index is 0.147. The minimum Gasteiger partial charge on any atom is -0.327 e. The van der Waals surface area contributed by atoms with Crippen LogP contribution in [0.1, 0.15) is 35.2 Å². The van der Waals surface area contributed by atoms with Gasteiger partial charge < -0.3 is 16.0 Å². The molecule has 0 unspecified atom stereocenters. The Morgan fingerprint density at radius 3 is 2.41 bits per heavy atom. The van der Waals surface area contributed by atoms with Gasteiger partial charge in [-0.2, -0.15) is 13.2 Å². The summed E-state index contributed by atoms with van der Waals surface area (Å²) in [6.45, 7) is 5.31. The van der Waals surface area contributed by atoms with Crippen LogP contribution in [0, 0.1) is 13.8 Å². The first-order valence-electron chi connectivity index (χ1n) is 8.91. The maximum Gasteiger partial charge on any atom is 0.418 e. The van der Waals surface area contributed by atoms with E-state index in [2.05, 4.69) is 16.0 Å². The lowest BCUT2D eigenvalue weighted by atomic mass is 9.91. The molecule has 0 saturated carbocycles. The first-order valence-corrected chi connectivity index (χ1v) is 8.91. The number of benzene rings is 2. The van der Waals surface area contributed by atoms with Gasteiger partial charge in [0.25, 0.3) is 5.91 Å². The molecule has 1 aliphatic rings. The molecular weight excluding hydrogens is 383 g/mol. The second-order valence-corrected chi connectivity index (χ2v) is 6.93. The van der Waals surface area contributed by atoms with E-state index in [9.17, 15) is 22.8 Å². The topological polar surface area (TPSA) is 70.2 Å². The van der Waals surface area contributed by atoms with E-state index in [1.807, 2.05) is 26.0 Å². The molecule has 3 rings (SSSR count). The number of carbonyl (C=O) groups excluding carboxylic acids is 2. The highest BCUT2D eigenvalue weighted by atomic mass is 19.4. The van der Waals surface area contributed by atoms with Crippen molar-refractivity contribution in [1.29, 1.82) is 0 Å². The zero-order chi connectivity index (χ0) is 21.3. The highest BCUT2D eigenvalue weighted by Crippen LogP contribution is 2.36. The first-order chi connectivity index (χ1) is 13.6. The van der Waals surface area contributed by atoms with Gasteiger partial charge >= 0.3 is 12.2 Å². The third-order valence-corrected chi connectivity index (χ3v) is 4.73. The van der Waals surface area contributed by atoms with E-state index >= 15 is 0 Å². The SMILES string of the molecule is CC1=C(C(=O)Nc2ccccc2C(F)(F)F)[C@@H](c2ccc(C)cc2C)NC(=O)N1. The average molecular weight is 403 g/mol. The van der Waals surface area contributed by atoms with Crippen LogP contribution in [0.15, 0.2) is 53.7 Å². The summed E-state index contributed by atoms with van der Waals surface area (Å²) < 4.78 is 39.8. The molecule has 0 aliphatic carbocycles. The fraction of sp³-hybridized carbons (Fsp3) is 0.238. The van der Waals surface area contributed by atoms with Gasteiger partial charge in [-0.3, -0.25) is 4.79 Å². The van der Waals surface area contributed by atoms with Crippen LogP contribution in [-0.4, -0.2) is 11.9 Å². The van der Waals surface area contributed by atoms with Crippen LogP contribution in [0.5, 0.6) is 0 Å². The second kappa shape index (κ2) is 7.62. The number of allylic oxidation sites excluding steroid dienone is 1. The number of aryl methyl sites for hydroxylation is 2. The Morgan fingerprint density at radius 1 is 1.07 bits per heavy atom. The molecule has 2 aromatic rings. The van der Waals surface area contributed by atoms with Crippen molar-refractivity contribution >= 4 is 17.6 Å². The summed E-state index contributed by atoms with van der Waals surface area (Å²) in [6, 6.07) is 9.04. The van der Waals surface area contributed by atoms with Gasteiger partial charge in [0.1, 0.15) is 0 Å². The van der Waals surface area contributed by atoms with Gasteiger partial charge in [-0.05, 0) is 44.0 Å². The molecule has 0 fully saturated rings. The Morgan fingerprint density at radius 2 is 1.76 bits per heavy atom. The van der Waals surface area contributed by atoms with Crippen molar-refractivity contribution in [3.05, 3.63) is 76.0 Å². The molecule has 1 heterocycles. The van der Waals surface area contributed by atoms with Crippen LogP contribution >= 0.6 is 0 Å². The van der Waals surface area contributed by atoms with Gasteiger partial charge in [-0.15, -0.1) is 0 Å². The molecule has 2 aromatic carbocycles. The van der Waals surface area contributed by atoms with Crippen molar-refractivity contribution in [2.24, 2.45) is 0 Å². The van der Waals surface area contributed by atoms with E-state index in [0.717, 1.165) is 17.2 Å². The van der Waals surface area contributed by atoms with Crippen molar-refractivity contribution in [2.45, 2.75) is 33.0 Å². The third kappa shape index (κ3) is 4.26. The molecule has 0 aromatic heterocycles. The molecule has 0 bridgehead atoms. The van der Waals surface area contributed by atoms with Crippen molar-refractivity contribution in [3.63, 3.8) is 0 Å². The molecule has 0 radical (unpaired) electrons. The fourth-order valence-corrected chi connectivity index (χ4v) is 3.41. The summed E-state index contributed by atoms with van der Waals surface area (Å²) >= 11 is 0. The number of halogens is 3. The van der Waals surface area contributed by atoms with Crippen LogP contribution in [0.2, 0.25) is 0 Å². The molecule has 5 nitrogen and oxygen atoms in total. The number of anilines is 1. The van der Waals surface area contributed by atoms with Crippen LogP contribution in [-0.2, 0) is 11.0 Å². The van der Waals surface area contributed by atoms with Gasteiger partial charge in [-0.25, -0.2) is 4.79 Å². The first kappa shape index (κ1) is 20.4. The number of rotatable bonds is 3.